The Hall–Kier alpha value is -1.84. The number of ether oxygens (including phenoxy) is 3. The van der Waals surface area contributed by atoms with Crippen LogP contribution in [0.3, 0.4) is 0 Å². The van der Waals surface area contributed by atoms with Gasteiger partial charge >= 0.3 is 0 Å². The van der Waals surface area contributed by atoms with E-state index in [4.69, 9.17) is 25.8 Å². The van der Waals surface area contributed by atoms with Gasteiger partial charge in [-0.15, -0.1) is 11.3 Å². The normalized spacial score (nSPS) is 27.0. The summed E-state index contributed by atoms with van der Waals surface area (Å²) in [6.07, 6.45) is -3.78. The zero-order valence-electron chi connectivity index (χ0n) is 18.1. The Morgan fingerprint density at radius 1 is 1.09 bits per heavy atom. The molecule has 3 aromatic rings. The van der Waals surface area contributed by atoms with E-state index in [1.165, 1.54) is 12.1 Å². The molecule has 33 heavy (non-hydrogen) atoms. The second-order valence-electron chi connectivity index (χ2n) is 8.81. The van der Waals surface area contributed by atoms with Gasteiger partial charge in [-0.2, -0.15) is 0 Å². The highest BCUT2D eigenvalue weighted by Gasteiger charge is 2.56. The molecule has 2 saturated heterocycles. The summed E-state index contributed by atoms with van der Waals surface area (Å²) >= 11 is 8.06. The predicted molar refractivity (Wildman–Crippen MR) is 124 cm³/mol. The second kappa shape index (κ2) is 8.74. The first-order valence-corrected chi connectivity index (χ1v) is 11.9. The molecule has 0 radical (unpaired) electrons. The fourth-order valence-electron chi connectivity index (χ4n) is 4.31. The van der Waals surface area contributed by atoms with Gasteiger partial charge in [0.15, 0.2) is 12.1 Å². The van der Waals surface area contributed by atoms with Crippen molar-refractivity contribution in [2.75, 3.05) is 0 Å². The molecule has 1 aromatic heterocycles. The Labute approximate surface area is 200 Å². The van der Waals surface area contributed by atoms with Gasteiger partial charge in [-0.05, 0) is 60.9 Å². The molecule has 0 spiro atoms. The van der Waals surface area contributed by atoms with Crippen LogP contribution in [0.1, 0.15) is 36.0 Å². The number of hydrogen-bond donors (Lipinski definition) is 2. The molecule has 2 aromatic carbocycles. The maximum absolute atomic E-state index is 13.2. The summed E-state index contributed by atoms with van der Waals surface area (Å²) < 4.78 is 30.4. The van der Waals surface area contributed by atoms with Crippen molar-refractivity contribution in [3.63, 3.8) is 0 Å². The Bertz CT molecular complexity index is 1150. The van der Waals surface area contributed by atoms with Crippen molar-refractivity contribution in [1.29, 1.82) is 0 Å². The van der Waals surface area contributed by atoms with Crippen molar-refractivity contribution < 1.29 is 28.8 Å². The summed E-state index contributed by atoms with van der Waals surface area (Å²) in [5.74, 6) is -1.10. The van der Waals surface area contributed by atoms with Crippen molar-refractivity contribution >= 4 is 22.9 Å². The van der Waals surface area contributed by atoms with Crippen LogP contribution in [0.2, 0.25) is 5.02 Å². The number of fused-ring (bicyclic) bond motifs is 1. The zero-order chi connectivity index (χ0) is 23.3. The number of aliphatic hydroxyl groups is 2. The van der Waals surface area contributed by atoms with Crippen molar-refractivity contribution in [2.24, 2.45) is 0 Å². The third-order valence-corrected chi connectivity index (χ3v) is 7.43. The lowest BCUT2D eigenvalue weighted by molar-refractivity contribution is -0.226. The fraction of sp³-hybridized carbons (Fsp3) is 0.360. The Morgan fingerprint density at radius 2 is 1.85 bits per heavy atom. The lowest BCUT2D eigenvalue weighted by Gasteiger charge is -2.26. The topological polar surface area (TPSA) is 68.2 Å². The third-order valence-electron chi connectivity index (χ3n) is 5.93. The first-order chi connectivity index (χ1) is 15.7. The van der Waals surface area contributed by atoms with E-state index < -0.39 is 36.5 Å². The summed E-state index contributed by atoms with van der Waals surface area (Å²) in [4.78, 5) is 2.12. The van der Waals surface area contributed by atoms with E-state index in [1.54, 1.807) is 49.4 Å². The number of hydrogen-bond acceptors (Lipinski definition) is 6. The largest absolute Gasteiger partial charge is 0.387 e. The molecule has 2 N–H and O–H groups in total. The van der Waals surface area contributed by atoms with E-state index >= 15 is 0 Å². The van der Waals surface area contributed by atoms with Crippen molar-refractivity contribution in [2.45, 2.75) is 56.8 Å². The van der Waals surface area contributed by atoms with Gasteiger partial charge in [-0.3, -0.25) is 0 Å². The molecule has 8 heteroatoms. The van der Waals surface area contributed by atoms with Crippen LogP contribution >= 0.6 is 22.9 Å². The Balaban J connectivity index is 1.32. The molecule has 174 valence electrons. The lowest BCUT2D eigenvalue weighted by Crippen LogP contribution is -2.37. The van der Waals surface area contributed by atoms with Gasteiger partial charge in [0.25, 0.3) is 0 Å². The van der Waals surface area contributed by atoms with E-state index in [-0.39, 0.29) is 5.82 Å². The van der Waals surface area contributed by atoms with Gasteiger partial charge in [0.2, 0.25) is 0 Å². The van der Waals surface area contributed by atoms with Crippen LogP contribution < -0.4 is 0 Å². The summed E-state index contributed by atoms with van der Waals surface area (Å²) in [7, 11) is 0. The van der Waals surface area contributed by atoms with Crippen LogP contribution in [-0.2, 0) is 20.6 Å². The molecular weight excluding hydrogens is 467 g/mol. The maximum Gasteiger partial charge on any atom is 0.190 e. The minimum atomic E-state index is -1.07. The molecule has 1 unspecified atom stereocenters. The molecule has 2 aliphatic heterocycles. The predicted octanol–water partition coefficient (Wildman–Crippen LogP) is 5.07. The van der Waals surface area contributed by atoms with Gasteiger partial charge in [0.05, 0.1) is 0 Å². The fourth-order valence-corrected chi connectivity index (χ4v) is 5.53. The summed E-state index contributed by atoms with van der Waals surface area (Å²) in [5.41, 5.74) is 2.39. The van der Waals surface area contributed by atoms with E-state index in [2.05, 4.69) is 0 Å². The molecule has 2 fully saturated rings. The van der Waals surface area contributed by atoms with Crippen molar-refractivity contribution in [3.05, 3.63) is 81.4 Å². The van der Waals surface area contributed by atoms with E-state index in [9.17, 15) is 14.6 Å². The number of benzene rings is 2. The van der Waals surface area contributed by atoms with E-state index in [0.29, 0.717) is 17.0 Å². The maximum atomic E-state index is 13.2. The van der Waals surface area contributed by atoms with Crippen LogP contribution in [0, 0.1) is 5.82 Å². The minimum absolute atomic E-state index is 0.264. The molecule has 0 saturated carbocycles. The molecule has 0 aliphatic carbocycles. The second-order valence-corrected chi connectivity index (χ2v) is 10.4. The molecule has 5 atom stereocenters. The highest BCUT2D eigenvalue weighted by Crippen LogP contribution is 2.41. The van der Waals surface area contributed by atoms with Gasteiger partial charge in [0.1, 0.15) is 30.2 Å². The quantitative estimate of drug-likeness (QED) is 0.522. The highest BCUT2D eigenvalue weighted by molar-refractivity contribution is 7.15. The summed E-state index contributed by atoms with van der Waals surface area (Å²) in [6.45, 7) is 3.51. The first-order valence-electron chi connectivity index (χ1n) is 10.7. The standard InChI is InChI=1S/C25H24ClFO5S/c1-25(2)31-23-21(29)22(30-24(23)32-25)20(28)14-5-9-18(26)15(11-14)12-17-8-10-19(33-17)13-3-6-16(27)7-4-13/h3-11,20-24,28-29H,12H2,1-2H3/t20?,21-,22+,23+,24+/m1/s1. The molecule has 5 nitrogen and oxygen atoms in total. The van der Waals surface area contributed by atoms with Crippen LogP contribution in [0.4, 0.5) is 4.39 Å². The van der Waals surface area contributed by atoms with Crippen molar-refractivity contribution in [1.82, 2.24) is 0 Å². The SMILES string of the molecule is CC1(C)O[C@@H]2O[C@@H](C(O)c3ccc(Cl)c(Cc4ccc(-c5ccc(F)cc5)s4)c3)[C@@H](O)[C@@H]2O1. The van der Waals surface area contributed by atoms with Crippen molar-refractivity contribution in [3.8, 4) is 10.4 Å². The molecule has 3 heterocycles. The number of aliphatic hydroxyl groups excluding tert-OH is 2. The van der Waals surface area contributed by atoms with Gasteiger partial charge in [0, 0.05) is 21.2 Å². The molecule has 0 bridgehead atoms. The molecule has 0 amide bonds. The Kier molecular flexibility index (Phi) is 6.07. The summed E-state index contributed by atoms with van der Waals surface area (Å²) in [6, 6.07) is 15.7. The molecule has 5 rings (SSSR count). The average Bonchev–Trinajstić information content (AvgIpc) is 3.44. The van der Waals surface area contributed by atoms with Crippen LogP contribution in [0.15, 0.2) is 54.6 Å². The monoisotopic (exact) mass is 490 g/mol. The van der Waals surface area contributed by atoms with Gasteiger partial charge in [-0.25, -0.2) is 4.39 Å². The number of rotatable bonds is 5. The molecular formula is C25H24ClFO5S. The van der Waals surface area contributed by atoms with Crippen LogP contribution in [0.25, 0.3) is 10.4 Å². The minimum Gasteiger partial charge on any atom is -0.387 e. The molecule has 2 aliphatic rings. The van der Waals surface area contributed by atoms with E-state index in [1.807, 2.05) is 18.2 Å². The van der Waals surface area contributed by atoms with Gasteiger partial charge in [-0.1, -0.05) is 35.9 Å². The average molecular weight is 491 g/mol. The first kappa shape index (κ1) is 22.9. The van der Waals surface area contributed by atoms with Crippen LogP contribution in [0.5, 0.6) is 0 Å². The number of halogens is 2. The smallest absolute Gasteiger partial charge is 0.190 e. The van der Waals surface area contributed by atoms with Gasteiger partial charge < -0.3 is 24.4 Å². The van der Waals surface area contributed by atoms with Crippen LogP contribution in [-0.4, -0.2) is 40.6 Å². The Morgan fingerprint density at radius 3 is 2.58 bits per heavy atom. The third kappa shape index (κ3) is 4.59. The lowest BCUT2D eigenvalue weighted by atomic mass is 9.97. The van der Waals surface area contributed by atoms with E-state index in [0.717, 1.165) is 20.9 Å². The highest BCUT2D eigenvalue weighted by atomic mass is 35.5. The zero-order valence-corrected chi connectivity index (χ0v) is 19.6. The summed E-state index contributed by atoms with van der Waals surface area (Å²) in [5, 5.41) is 22.2. The number of thiophene rings is 1.